The summed E-state index contributed by atoms with van der Waals surface area (Å²) in [7, 11) is 0. The van der Waals surface area contributed by atoms with Gasteiger partial charge in [0.2, 0.25) is 0 Å². The van der Waals surface area contributed by atoms with Crippen LogP contribution in [0.3, 0.4) is 0 Å². The third-order valence-corrected chi connectivity index (χ3v) is 6.58. The molecule has 2 fully saturated rings. The maximum atomic E-state index is 12.5. The van der Waals surface area contributed by atoms with E-state index >= 15 is 0 Å². The second-order valence-electron chi connectivity index (χ2n) is 9.18. The first-order chi connectivity index (χ1) is 13.5. The number of rotatable bonds is 4. The summed E-state index contributed by atoms with van der Waals surface area (Å²) in [5.41, 5.74) is -0.199. The van der Waals surface area contributed by atoms with Gasteiger partial charge in [0.05, 0.1) is 5.60 Å². The Morgan fingerprint density at radius 1 is 1.24 bits per heavy atom. The number of halogens is 1. The van der Waals surface area contributed by atoms with Crippen molar-refractivity contribution >= 4 is 28.0 Å². The van der Waals surface area contributed by atoms with Crippen LogP contribution in [0.15, 0.2) is 22.9 Å². The molecule has 1 aromatic heterocycles. The van der Waals surface area contributed by atoms with Gasteiger partial charge in [-0.3, -0.25) is 4.98 Å². The molecule has 1 aliphatic carbocycles. The maximum absolute atomic E-state index is 12.5. The largest absolute Gasteiger partial charge is 0.480 e. The summed E-state index contributed by atoms with van der Waals surface area (Å²) < 4.78 is 12.3. The predicted molar refractivity (Wildman–Crippen MR) is 111 cm³/mol. The smallest absolute Gasteiger partial charge is 0.410 e. The van der Waals surface area contributed by atoms with Gasteiger partial charge in [0, 0.05) is 35.5 Å². The lowest BCUT2D eigenvalue weighted by Gasteiger charge is -2.45. The van der Waals surface area contributed by atoms with Crippen molar-refractivity contribution < 1.29 is 24.2 Å². The lowest BCUT2D eigenvalue weighted by Crippen LogP contribution is -2.42. The first-order valence-corrected chi connectivity index (χ1v) is 10.8. The van der Waals surface area contributed by atoms with Crippen LogP contribution >= 0.6 is 15.9 Å². The Hall–Kier alpha value is -1.67. The van der Waals surface area contributed by atoms with E-state index in [4.69, 9.17) is 14.6 Å². The van der Waals surface area contributed by atoms with Crippen LogP contribution in [0.5, 0.6) is 0 Å². The molecule has 1 amide bonds. The molecule has 1 saturated heterocycles. The van der Waals surface area contributed by atoms with Gasteiger partial charge in [0.1, 0.15) is 12.2 Å². The lowest BCUT2D eigenvalue weighted by atomic mass is 9.66. The summed E-state index contributed by atoms with van der Waals surface area (Å²) in [5, 5.41) is 9.16. The summed E-state index contributed by atoms with van der Waals surface area (Å²) >= 11 is 3.55. The molecule has 1 N–H and O–H groups in total. The van der Waals surface area contributed by atoms with Crippen molar-refractivity contribution in [1.82, 2.24) is 9.88 Å². The van der Waals surface area contributed by atoms with Gasteiger partial charge in [0.25, 0.3) is 0 Å². The van der Waals surface area contributed by atoms with E-state index in [2.05, 4.69) is 20.9 Å². The van der Waals surface area contributed by atoms with Gasteiger partial charge in [-0.15, -0.1) is 0 Å². The third kappa shape index (κ3) is 5.09. The number of amides is 1. The van der Waals surface area contributed by atoms with Crippen LogP contribution in [-0.4, -0.2) is 52.4 Å². The lowest BCUT2D eigenvalue weighted by molar-refractivity contribution is -0.156. The van der Waals surface area contributed by atoms with Gasteiger partial charge in [-0.2, -0.15) is 0 Å². The van der Waals surface area contributed by atoms with E-state index in [1.54, 1.807) is 17.3 Å². The molecule has 0 atom stereocenters. The minimum absolute atomic E-state index is 0.0342. The number of likely N-dealkylation sites (tertiary alicyclic amines) is 1. The van der Waals surface area contributed by atoms with Crippen molar-refractivity contribution in [2.75, 3.05) is 19.7 Å². The zero-order valence-corrected chi connectivity index (χ0v) is 18.8. The number of carboxylic acid groups (broad SMARTS) is 1. The van der Waals surface area contributed by atoms with Gasteiger partial charge in [-0.25, -0.2) is 9.59 Å². The fourth-order valence-electron chi connectivity index (χ4n) is 4.45. The van der Waals surface area contributed by atoms with E-state index in [0.29, 0.717) is 25.9 Å². The summed E-state index contributed by atoms with van der Waals surface area (Å²) in [5.74, 6) is -0.980. The topological polar surface area (TPSA) is 89.0 Å². The fraction of sp³-hybridized carbons (Fsp3) is 0.667. The van der Waals surface area contributed by atoms with Crippen molar-refractivity contribution in [3.05, 3.63) is 28.5 Å². The maximum Gasteiger partial charge on any atom is 0.410 e. The molecule has 0 bridgehead atoms. The zero-order chi connectivity index (χ0) is 21.3. The van der Waals surface area contributed by atoms with Crippen LogP contribution in [0, 0.1) is 5.41 Å². The number of carboxylic acids is 1. The van der Waals surface area contributed by atoms with Crippen LogP contribution in [0.1, 0.15) is 58.4 Å². The van der Waals surface area contributed by atoms with Crippen molar-refractivity contribution in [2.24, 2.45) is 5.41 Å². The molecule has 7 nitrogen and oxygen atoms in total. The fourth-order valence-corrected chi connectivity index (χ4v) is 5.06. The number of carbonyl (C=O) groups excluding carboxylic acids is 1. The normalized spacial score (nSPS) is 27.2. The molecule has 29 heavy (non-hydrogen) atoms. The number of hydrogen-bond acceptors (Lipinski definition) is 5. The zero-order valence-electron chi connectivity index (χ0n) is 17.2. The average molecular weight is 469 g/mol. The summed E-state index contributed by atoms with van der Waals surface area (Å²) in [4.78, 5) is 29.6. The highest BCUT2D eigenvalue weighted by Gasteiger charge is 2.49. The van der Waals surface area contributed by atoms with Crippen LogP contribution in [0.4, 0.5) is 4.79 Å². The van der Waals surface area contributed by atoms with E-state index in [9.17, 15) is 9.59 Å². The minimum Gasteiger partial charge on any atom is -0.480 e. The van der Waals surface area contributed by atoms with Gasteiger partial charge < -0.3 is 19.5 Å². The van der Waals surface area contributed by atoms with Crippen molar-refractivity contribution in [1.29, 1.82) is 0 Å². The number of nitrogens with zero attached hydrogens (tertiary/aromatic N) is 2. The molecule has 1 spiro atoms. The molecule has 0 aromatic carbocycles. The molecule has 3 rings (SSSR count). The highest BCUT2D eigenvalue weighted by atomic mass is 79.9. The molecule has 2 aliphatic rings. The molecular formula is C21H29BrN2O5. The van der Waals surface area contributed by atoms with E-state index in [0.717, 1.165) is 29.3 Å². The molecular weight excluding hydrogens is 440 g/mol. The van der Waals surface area contributed by atoms with Crippen LogP contribution in [0.25, 0.3) is 0 Å². The number of aliphatic carboxylic acids is 1. The highest BCUT2D eigenvalue weighted by molar-refractivity contribution is 9.10. The first kappa shape index (κ1) is 22.0. The SMILES string of the molecule is CC(C)(C)OC(=O)N1CCC2(CCC(OCC(=O)O)(c3ccncc3Br)CC2)C1. The van der Waals surface area contributed by atoms with E-state index < -0.39 is 17.2 Å². The molecule has 1 saturated carbocycles. The highest BCUT2D eigenvalue weighted by Crippen LogP contribution is 2.52. The number of carbonyl (C=O) groups is 2. The van der Waals surface area contributed by atoms with Crippen LogP contribution in [-0.2, 0) is 19.9 Å². The third-order valence-electron chi connectivity index (χ3n) is 5.94. The minimum atomic E-state index is -0.980. The molecule has 0 radical (unpaired) electrons. The van der Waals surface area contributed by atoms with Crippen molar-refractivity contribution in [2.45, 2.75) is 64.1 Å². The second kappa shape index (κ2) is 8.22. The van der Waals surface area contributed by atoms with E-state index in [1.807, 2.05) is 26.8 Å². The summed E-state index contributed by atoms with van der Waals surface area (Å²) in [6.45, 7) is 6.64. The van der Waals surface area contributed by atoms with Gasteiger partial charge in [-0.05, 0) is 80.3 Å². The standard InChI is InChI=1S/C21H29BrN2O5/c1-19(2,3)29-18(27)24-11-9-20(14-24)5-7-21(8-6-20,28-13-17(25)26)15-4-10-23-12-16(15)22/h4,10,12H,5-9,11,13-14H2,1-3H3,(H,25,26). The van der Waals surface area contributed by atoms with Crippen LogP contribution in [0.2, 0.25) is 0 Å². The Morgan fingerprint density at radius 3 is 2.52 bits per heavy atom. The van der Waals surface area contributed by atoms with Gasteiger partial charge >= 0.3 is 12.1 Å². The predicted octanol–water partition coefficient (Wildman–Crippen LogP) is 4.34. The molecule has 2 heterocycles. The van der Waals surface area contributed by atoms with Crippen molar-refractivity contribution in [3.8, 4) is 0 Å². The number of hydrogen-bond donors (Lipinski definition) is 1. The molecule has 0 unspecified atom stereocenters. The second-order valence-corrected chi connectivity index (χ2v) is 10.0. The van der Waals surface area contributed by atoms with Gasteiger partial charge in [0.15, 0.2) is 0 Å². The number of ether oxygens (including phenoxy) is 2. The average Bonchev–Trinajstić information content (AvgIpc) is 3.05. The molecule has 1 aliphatic heterocycles. The Labute approximate surface area is 179 Å². The van der Waals surface area contributed by atoms with Crippen molar-refractivity contribution in [3.63, 3.8) is 0 Å². The van der Waals surface area contributed by atoms with Gasteiger partial charge in [-0.1, -0.05) is 0 Å². The van der Waals surface area contributed by atoms with E-state index in [1.165, 1.54) is 0 Å². The molecule has 160 valence electrons. The summed E-state index contributed by atoms with van der Waals surface area (Å²) in [6.07, 6.45) is 7.21. The molecule has 8 heteroatoms. The van der Waals surface area contributed by atoms with Crippen LogP contribution < -0.4 is 0 Å². The monoisotopic (exact) mass is 468 g/mol. The Morgan fingerprint density at radius 2 is 1.93 bits per heavy atom. The first-order valence-electron chi connectivity index (χ1n) is 9.98. The number of pyridine rings is 1. The summed E-state index contributed by atoms with van der Waals surface area (Å²) in [6, 6.07) is 1.89. The quantitative estimate of drug-likeness (QED) is 0.706. The Balaban J connectivity index is 1.73. The molecule has 1 aromatic rings. The Kier molecular flexibility index (Phi) is 6.24. The number of aromatic nitrogens is 1. The van der Waals surface area contributed by atoms with E-state index in [-0.39, 0.29) is 18.1 Å². The Bertz CT molecular complexity index is 769.